The van der Waals surface area contributed by atoms with Crippen LogP contribution < -0.4 is 0 Å². The van der Waals surface area contributed by atoms with Crippen molar-refractivity contribution in [2.75, 3.05) is 26.2 Å². The van der Waals surface area contributed by atoms with Crippen LogP contribution in [-0.4, -0.2) is 59.5 Å². The third kappa shape index (κ3) is 2.29. The summed E-state index contributed by atoms with van der Waals surface area (Å²) in [6.45, 7) is 1.97. The second-order valence-corrected chi connectivity index (χ2v) is 5.40. The summed E-state index contributed by atoms with van der Waals surface area (Å²) in [5.41, 5.74) is 2.74. The molecule has 0 unspecified atom stereocenters. The number of hydrogen-bond acceptors (Lipinski definition) is 5. The van der Waals surface area contributed by atoms with Crippen LogP contribution >= 0.6 is 0 Å². The average Bonchev–Trinajstić information content (AvgIpc) is 2.95. The van der Waals surface area contributed by atoms with Gasteiger partial charge in [0.2, 0.25) is 0 Å². The lowest BCUT2D eigenvalue weighted by atomic mass is 10.0. The zero-order chi connectivity index (χ0) is 13.4. The molecule has 0 aromatic heterocycles. The molecule has 0 bridgehead atoms. The lowest BCUT2D eigenvalue weighted by Crippen LogP contribution is -2.25. The number of aliphatic hydroxyl groups is 2. The standard InChI is InChI=1S/C14H18N2O3/c17-8-10-6-16(7-13(10)19)5-9-1-2-11-12(18)3-4-15-14(9)11/h1,4,10,13,17,19H,2-3,5-8H2/t10-,13+/m1/s1. The average molecular weight is 262 g/mol. The Morgan fingerprint density at radius 1 is 1.37 bits per heavy atom. The van der Waals surface area contributed by atoms with Crippen molar-refractivity contribution in [3.8, 4) is 0 Å². The Balaban J connectivity index is 1.69. The van der Waals surface area contributed by atoms with E-state index in [4.69, 9.17) is 5.11 Å². The Kier molecular flexibility index (Phi) is 3.35. The summed E-state index contributed by atoms with van der Waals surface area (Å²) in [5, 5.41) is 18.9. The molecule has 0 aromatic carbocycles. The minimum Gasteiger partial charge on any atom is -0.396 e. The van der Waals surface area contributed by atoms with E-state index in [1.807, 2.05) is 0 Å². The van der Waals surface area contributed by atoms with Crippen molar-refractivity contribution < 1.29 is 15.0 Å². The van der Waals surface area contributed by atoms with Crippen molar-refractivity contribution in [2.24, 2.45) is 10.9 Å². The van der Waals surface area contributed by atoms with Gasteiger partial charge < -0.3 is 10.2 Å². The second kappa shape index (κ2) is 5.00. The molecule has 0 aromatic rings. The highest BCUT2D eigenvalue weighted by molar-refractivity contribution is 6.07. The molecule has 0 spiro atoms. The number of aliphatic hydroxyl groups excluding tert-OH is 2. The van der Waals surface area contributed by atoms with E-state index in [9.17, 15) is 9.90 Å². The molecule has 2 N–H and O–H groups in total. The molecule has 5 nitrogen and oxygen atoms in total. The van der Waals surface area contributed by atoms with E-state index >= 15 is 0 Å². The highest BCUT2D eigenvalue weighted by Gasteiger charge is 2.33. The van der Waals surface area contributed by atoms with Crippen LogP contribution in [0.3, 0.4) is 0 Å². The van der Waals surface area contributed by atoms with E-state index in [-0.39, 0.29) is 18.3 Å². The van der Waals surface area contributed by atoms with Gasteiger partial charge in [0.1, 0.15) is 0 Å². The summed E-state index contributed by atoms with van der Waals surface area (Å²) >= 11 is 0. The van der Waals surface area contributed by atoms with Crippen molar-refractivity contribution in [1.82, 2.24) is 4.90 Å². The molecular weight excluding hydrogens is 244 g/mol. The lowest BCUT2D eigenvalue weighted by Gasteiger charge is -2.17. The summed E-state index contributed by atoms with van der Waals surface area (Å²) in [4.78, 5) is 18.2. The normalized spacial score (nSPS) is 31.1. The Hall–Kier alpha value is -1.30. The highest BCUT2D eigenvalue weighted by Crippen LogP contribution is 2.32. The maximum absolute atomic E-state index is 11.7. The van der Waals surface area contributed by atoms with Crippen LogP contribution in [0.4, 0.5) is 0 Å². The van der Waals surface area contributed by atoms with E-state index in [0.29, 0.717) is 32.5 Å². The van der Waals surface area contributed by atoms with Crippen LogP contribution in [0.5, 0.6) is 0 Å². The number of rotatable bonds is 3. The largest absolute Gasteiger partial charge is 0.396 e. The summed E-state index contributed by atoms with van der Waals surface area (Å²) < 4.78 is 0. The predicted octanol–water partition coefficient (Wildman–Crippen LogP) is -0.101. The Morgan fingerprint density at radius 3 is 2.95 bits per heavy atom. The van der Waals surface area contributed by atoms with Gasteiger partial charge in [-0.25, -0.2) is 0 Å². The fourth-order valence-electron chi connectivity index (χ4n) is 2.99. The van der Waals surface area contributed by atoms with Gasteiger partial charge in [0.25, 0.3) is 0 Å². The van der Waals surface area contributed by atoms with Gasteiger partial charge in [0, 0.05) is 50.4 Å². The SMILES string of the molecule is O=C1CC=NC2=C1CC=C2CN1C[C@H](CO)[C@@H](O)C1. The van der Waals surface area contributed by atoms with E-state index in [1.54, 1.807) is 6.21 Å². The quantitative estimate of drug-likeness (QED) is 0.745. The fraction of sp³-hybridized carbons (Fsp3) is 0.571. The maximum Gasteiger partial charge on any atom is 0.166 e. The Morgan fingerprint density at radius 2 is 2.21 bits per heavy atom. The van der Waals surface area contributed by atoms with Crippen molar-refractivity contribution >= 4 is 12.0 Å². The summed E-state index contributed by atoms with van der Waals surface area (Å²) in [7, 11) is 0. The fourth-order valence-corrected chi connectivity index (χ4v) is 2.99. The number of carbonyl (C=O) groups is 1. The van der Waals surface area contributed by atoms with E-state index in [2.05, 4.69) is 16.0 Å². The number of allylic oxidation sites excluding steroid dienone is 2. The Labute approximate surface area is 111 Å². The predicted molar refractivity (Wildman–Crippen MR) is 70.9 cm³/mol. The topological polar surface area (TPSA) is 73.1 Å². The summed E-state index contributed by atoms with van der Waals surface area (Å²) in [6.07, 6.45) is 4.37. The number of Topliss-reactive ketones (excluding diaryl/α,β-unsaturated/α-hetero) is 1. The first-order valence-corrected chi connectivity index (χ1v) is 6.68. The number of β-amino-alcohol motifs (C(OH)–C–C–N with tert-alkyl or cyclic N) is 1. The number of likely N-dealkylation sites (tertiary alicyclic amines) is 1. The maximum atomic E-state index is 11.7. The van der Waals surface area contributed by atoms with Crippen LogP contribution in [0.25, 0.3) is 0 Å². The zero-order valence-corrected chi connectivity index (χ0v) is 10.7. The minimum atomic E-state index is -0.461. The minimum absolute atomic E-state index is 0.0152. The van der Waals surface area contributed by atoms with Gasteiger partial charge >= 0.3 is 0 Å². The molecule has 0 amide bonds. The van der Waals surface area contributed by atoms with Crippen LogP contribution in [0.1, 0.15) is 12.8 Å². The highest BCUT2D eigenvalue weighted by atomic mass is 16.3. The van der Waals surface area contributed by atoms with Crippen LogP contribution in [0.2, 0.25) is 0 Å². The molecular formula is C14H18N2O3. The van der Waals surface area contributed by atoms with E-state index in [1.165, 1.54) is 0 Å². The summed E-state index contributed by atoms with van der Waals surface area (Å²) in [6, 6.07) is 0. The van der Waals surface area contributed by atoms with E-state index < -0.39 is 6.10 Å². The van der Waals surface area contributed by atoms with Crippen LogP contribution in [0, 0.1) is 5.92 Å². The molecule has 1 aliphatic carbocycles. The number of nitrogens with zero attached hydrogens (tertiary/aromatic N) is 2. The third-order valence-corrected chi connectivity index (χ3v) is 4.09. The molecule has 2 heterocycles. The number of hydrogen-bond donors (Lipinski definition) is 2. The molecule has 5 heteroatoms. The van der Waals surface area contributed by atoms with Crippen LogP contribution in [0.15, 0.2) is 27.9 Å². The molecule has 2 atom stereocenters. The van der Waals surface area contributed by atoms with E-state index in [0.717, 1.165) is 16.8 Å². The van der Waals surface area contributed by atoms with Gasteiger partial charge in [-0.15, -0.1) is 0 Å². The Bertz CT molecular complexity index is 493. The van der Waals surface area contributed by atoms with Gasteiger partial charge in [0.15, 0.2) is 5.78 Å². The molecule has 2 aliphatic heterocycles. The molecule has 3 aliphatic rings. The third-order valence-electron chi connectivity index (χ3n) is 4.09. The molecule has 102 valence electrons. The van der Waals surface area contributed by atoms with Gasteiger partial charge in [-0.05, 0) is 12.0 Å². The van der Waals surface area contributed by atoms with Gasteiger partial charge in [-0.1, -0.05) is 6.08 Å². The van der Waals surface area contributed by atoms with Crippen molar-refractivity contribution in [3.63, 3.8) is 0 Å². The summed E-state index contributed by atoms with van der Waals surface area (Å²) in [5.74, 6) is 0.109. The number of aliphatic imine (C=N–C) groups is 1. The first-order valence-electron chi connectivity index (χ1n) is 6.68. The zero-order valence-electron chi connectivity index (χ0n) is 10.7. The van der Waals surface area contributed by atoms with Gasteiger partial charge in [-0.3, -0.25) is 14.7 Å². The lowest BCUT2D eigenvalue weighted by molar-refractivity contribution is -0.114. The van der Waals surface area contributed by atoms with Crippen molar-refractivity contribution in [2.45, 2.75) is 18.9 Å². The van der Waals surface area contributed by atoms with Gasteiger partial charge in [0.05, 0.1) is 11.8 Å². The van der Waals surface area contributed by atoms with Crippen molar-refractivity contribution in [3.05, 3.63) is 22.9 Å². The molecule has 0 saturated carbocycles. The second-order valence-electron chi connectivity index (χ2n) is 5.40. The van der Waals surface area contributed by atoms with Crippen molar-refractivity contribution in [1.29, 1.82) is 0 Å². The van der Waals surface area contributed by atoms with Gasteiger partial charge in [-0.2, -0.15) is 0 Å². The smallest absolute Gasteiger partial charge is 0.166 e. The molecule has 0 radical (unpaired) electrons. The first kappa shape index (κ1) is 12.7. The molecule has 1 fully saturated rings. The van der Waals surface area contributed by atoms with Crippen LogP contribution in [-0.2, 0) is 4.79 Å². The molecule has 19 heavy (non-hydrogen) atoms. The molecule has 1 saturated heterocycles. The first-order chi connectivity index (χ1) is 9.19. The number of carbonyl (C=O) groups excluding carboxylic acids is 1. The number of ketones is 1. The monoisotopic (exact) mass is 262 g/mol. The molecule has 3 rings (SSSR count).